The standard InChI is InChI=1S/C14H25N3S/c1-5-12(13-15-7-8-18-13)17-10-14(4,6-2)16-9-11(17)3/h7-8,11-12,16H,5-6,9-10H2,1-4H3. The summed E-state index contributed by atoms with van der Waals surface area (Å²) in [4.78, 5) is 7.16. The van der Waals surface area contributed by atoms with Gasteiger partial charge in [-0.05, 0) is 26.7 Å². The Balaban J connectivity index is 2.18. The van der Waals surface area contributed by atoms with Crippen molar-refractivity contribution >= 4 is 11.3 Å². The Kier molecular flexibility index (Phi) is 4.41. The maximum absolute atomic E-state index is 4.53. The zero-order valence-corrected chi connectivity index (χ0v) is 12.8. The van der Waals surface area contributed by atoms with Gasteiger partial charge in [0.15, 0.2) is 0 Å². The molecule has 2 rings (SSSR count). The number of rotatable bonds is 4. The molecule has 102 valence electrons. The Morgan fingerprint density at radius 1 is 1.61 bits per heavy atom. The van der Waals surface area contributed by atoms with Crippen LogP contribution in [0.1, 0.15) is 51.6 Å². The number of piperazine rings is 1. The Morgan fingerprint density at radius 2 is 2.39 bits per heavy atom. The van der Waals surface area contributed by atoms with E-state index in [1.165, 1.54) is 11.4 Å². The van der Waals surface area contributed by atoms with Crippen LogP contribution in [0.2, 0.25) is 0 Å². The van der Waals surface area contributed by atoms with Crippen LogP contribution in [0.25, 0.3) is 0 Å². The van der Waals surface area contributed by atoms with Gasteiger partial charge >= 0.3 is 0 Å². The molecule has 1 fully saturated rings. The molecule has 3 unspecified atom stereocenters. The van der Waals surface area contributed by atoms with Crippen LogP contribution in [0.4, 0.5) is 0 Å². The van der Waals surface area contributed by atoms with E-state index in [0.29, 0.717) is 12.1 Å². The highest BCUT2D eigenvalue weighted by Crippen LogP contribution is 2.31. The molecule has 1 aliphatic heterocycles. The minimum absolute atomic E-state index is 0.247. The predicted octanol–water partition coefficient (Wildman–Crippen LogP) is 3.06. The first kappa shape index (κ1) is 14.0. The molecule has 1 aliphatic rings. The van der Waals surface area contributed by atoms with Gasteiger partial charge in [-0.2, -0.15) is 0 Å². The third-order valence-electron chi connectivity index (χ3n) is 4.23. The lowest BCUT2D eigenvalue weighted by Crippen LogP contribution is -2.62. The molecule has 3 nitrogen and oxygen atoms in total. The highest BCUT2D eigenvalue weighted by molar-refractivity contribution is 7.09. The lowest BCUT2D eigenvalue weighted by molar-refractivity contribution is 0.0511. The molecule has 0 spiro atoms. The second-order valence-corrected chi connectivity index (χ2v) is 6.54. The van der Waals surface area contributed by atoms with Crippen molar-refractivity contribution in [3.8, 4) is 0 Å². The Bertz CT molecular complexity index is 365. The Labute approximate surface area is 115 Å². The number of thiazole rings is 1. The highest BCUT2D eigenvalue weighted by Gasteiger charge is 2.36. The van der Waals surface area contributed by atoms with Crippen LogP contribution in [-0.4, -0.2) is 34.6 Å². The number of aromatic nitrogens is 1. The summed E-state index contributed by atoms with van der Waals surface area (Å²) in [6.45, 7) is 11.4. The van der Waals surface area contributed by atoms with Gasteiger partial charge in [0.2, 0.25) is 0 Å². The average molecular weight is 267 g/mol. The van der Waals surface area contributed by atoms with Gasteiger partial charge in [-0.25, -0.2) is 4.98 Å². The second-order valence-electron chi connectivity index (χ2n) is 5.61. The second kappa shape index (κ2) is 5.68. The van der Waals surface area contributed by atoms with Gasteiger partial charge in [-0.1, -0.05) is 13.8 Å². The lowest BCUT2D eigenvalue weighted by atomic mass is 9.92. The summed E-state index contributed by atoms with van der Waals surface area (Å²) < 4.78 is 0. The molecule has 1 aromatic heterocycles. The van der Waals surface area contributed by atoms with E-state index in [9.17, 15) is 0 Å². The summed E-state index contributed by atoms with van der Waals surface area (Å²) in [5, 5.41) is 7.05. The normalized spacial score (nSPS) is 31.4. The molecule has 0 bridgehead atoms. The minimum Gasteiger partial charge on any atom is -0.309 e. The first-order valence-electron chi connectivity index (χ1n) is 6.99. The molecule has 4 heteroatoms. The van der Waals surface area contributed by atoms with Gasteiger partial charge in [0.05, 0.1) is 6.04 Å². The molecule has 2 heterocycles. The van der Waals surface area contributed by atoms with Crippen molar-refractivity contribution in [1.29, 1.82) is 0 Å². The van der Waals surface area contributed by atoms with Crippen LogP contribution in [0.3, 0.4) is 0 Å². The van der Waals surface area contributed by atoms with E-state index in [4.69, 9.17) is 0 Å². The summed E-state index contributed by atoms with van der Waals surface area (Å²) in [6.07, 6.45) is 4.23. The van der Waals surface area contributed by atoms with E-state index in [0.717, 1.165) is 19.5 Å². The first-order valence-corrected chi connectivity index (χ1v) is 7.87. The molecular formula is C14H25N3S. The van der Waals surface area contributed by atoms with Gasteiger partial charge in [0, 0.05) is 36.2 Å². The lowest BCUT2D eigenvalue weighted by Gasteiger charge is -2.47. The average Bonchev–Trinajstić information content (AvgIpc) is 2.89. The van der Waals surface area contributed by atoms with E-state index >= 15 is 0 Å². The van der Waals surface area contributed by atoms with Crippen LogP contribution in [0, 0.1) is 0 Å². The van der Waals surface area contributed by atoms with Crippen molar-refractivity contribution in [2.45, 2.75) is 58.2 Å². The Morgan fingerprint density at radius 3 is 2.94 bits per heavy atom. The molecule has 0 aromatic carbocycles. The summed E-state index contributed by atoms with van der Waals surface area (Å²) in [6, 6.07) is 1.06. The van der Waals surface area contributed by atoms with Crippen molar-refractivity contribution < 1.29 is 0 Å². The molecule has 0 aliphatic carbocycles. The van der Waals surface area contributed by atoms with Crippen molar-refractivity contribution in [3.63, 3.8) is 0 Å². The molecule has 1 aromatic rings. The highest BCUT2D eigenvalue weighted by atomic mass is 32.1. The van der Waals surface area contributed by atoms with Crippen molar-refractivity contribution in [2.24, 2.45) is 0 Å². The summed E-state index contributed by atoms with van der Waals surface area (Å²) in [5.41, 5.74) is 0.247. The molecular weight excluding hydrogens is 242 g/mol. The minimum atomic E-state index is 0.247. The smallest absolute Gasteiger partial charge is 0.110 e. The van der Waals surface area contributed by atoms with Crippen LogP contribution < -0.4 is 5.32 Å². The third kappa shape index (κ3) is 2.76. The molecule has 1 saturated heterocycles. The van der Waals surface area contributed by atoms with E-state index in [-0.39, 0.29) is 5.54 Å². The number of nitrogens with zero attached hydrogens (tertiary/aromatic N) is 2. The van der Waals surface area contributed by atoms with E-state index in [1.807, 2.05) is 6.20 Å². The fourth-order valence-electron chi connectivity index (χ4n) is 2.73. The van der Waals surface area contributed by atoms with Crippen LogP contribution >= 0.6 is 11.3 Å². The SMILES string of the molecule is CCC(c1nccs1)N1CC(C)(CC)NCC1C. The van der Waals surface area contributed by atoms with E-state index < -0.39 is 0 Å². The zero-order chi connectivity index (χ0) is 13.2. The van der Waals surface area contributed by atoms with Crippen LogP contribution in [0.15, 0.2) is 11.6 Å². The van der Waals surface area contributed by atoms with Crippen LogP contribution in [0.5, 0.6) is 0 Å². The monoisotopic (exact) mass is 267 g/mol. The summed E-state index contributed by atoms with van der Waals surface area (Å²) >= 11 is 1.79. The van der Waals surface area contributed by atoms with Gasteiger partial charge < -0.3 is 5.32 Å². The van der Waals surface area contributed by atoms with Crippen molar-refractivity contribution in [3.05, 3.63) is 16.6 Å². The van der Waals surface area contributed by atoms with E-state index in [1.54, 1.807) is 11.3 Å². The molecule has 0 radical (unpaired) electrons. The molecule has 18 heavy (non-hydrogen) atoms. The quantitative estimate of drug-likeness (QED) is 0.909. The summed E-state index contributed by atoms with van der Waals surface area (Å²) in [5.74, 6) is 0. The van der Waals surface area contributed by atoms with Crippen molar-refractivity contribution in [2.75, 3.05) is 13.1 Å². The van der Waals surface area contributed by atoms with Gasteiger partial charge in [-0.3, -0.25) is 4.90 Å². The fourth-order valence-corrected chi connectivity index (χ4v) is 3.57. The largest absolute Gasteiger partial charge is 0.309 e. The van der Waals surface area contributed by atoms with Gasteiger partial charge in [-0.15, -0.1) is 11.3 Å². The first-order chi connectivity index (χ1) is 8.59. The van der Waals surface area contributed by atoms with Gasteiger partial charge in [0.25, 0.3) is 0 Å². The number of nitrogens with one attached hydrogen (secondary N) is 1. The van der Waals surface area contributed by atoms with Crippen molar-refractivity contribution in [1.82, 2.24) is 15.2 Å². The van der Waals surface area contributed by atoms with E-state index in [2.05, 4.69) is 48.3 Å². The van der Waals surface area contributed by atoms with Gasteiger partial charge in [0.1, 0.15) is 5.01 Å². The molecule has 1 N–H and O–H groups in total. The third-order valence-corrected chi connectivity index (χ3v) is 5.10. The topological polar surface area (TPSA) is 28.2 Å². The summed E-state index contributed by atoms with van der Waals surface area (Å²) in [7, 11) is 0. The molecule has 0 saturated carbocycles. The maximum Gasteiger partial charge on any atom is 0.110 e. The predicted molar refractivity (Wildman–Crippen MR) is 78.0 cm³/mol. The Hall–Kier alpha value is -0.450. The maximum atomic E-state index is 4.53. The molecule has 0 amide bonds. The fraction of sp³-hybridized carbons (Fsp3) is 0.786. The number of hydrogen-bond donors (Lipinski definition) is 1. The molecule has 3 atom stereocenters. The van der Waals surface area contributed by atoms with Crippen LogP contribution in [-0.2, 0) is 0 Å². The number of hydrogen-bond acceptors (Lipinski definition) is 4. The zero-order valence-electron chi connectivity index (χ0n) is 11.9.